The highest BCUT2D eigenvalue weighted by molar-refractivity contribution is 6.02. The van der Waals surface area contributed by atoms with Crippen molar-refractivity contribution in [3.63, 3.8) is 0 Å². The number of aliphatic imine (C=N–C) groups is 1. The maximum Gasteiger partial charge on any atom is 0.329 e. The highest BCUT2D eigenvalue weighted by Crippen LogP contribution is 2.23. The van der Waals surface area contributed by atoms with Crippen molar-refractivity contribution in [3.8, 4) is 0 Å². The number of rotatable bonds is 1. The van der Waals surface area contributed by atoms with E-state index < -0.39 is 12.1 Å². The Hall–Kier alpha value is -3.03. The molecule has 0 atom stereocenters. The molecular weight excluding hydrogens is 262 g/mol. The first-order valence-electron chi connectivity index (χ1n) is 5.66. The third-order valence-electron chi connectivity index (χ3n) is 2.35. The van der Waals surface area contributed by atoms with Crippen LogP contribution in [0.2, 0.25) is 0 Å². The van der Waals surface area contributed by atoms with Gasteiger partial charge in [-0.1, -0.05) is 0 Å². The summed E-state index contributed by atoms with van der Waals surface area (Å²) in [6, 6.07) is 5.22. The average molecular weight is 275 g/mol. The predicted molar refractivity (Wildman–Crippen MR) is 73.5 cm³/mol. The van der Waals surface area contributed by atoms with E-state index in [0.717, 1.165) is 16.7 Å². The van der Waals surface area contributed by atoms with Crippen molar-refractivity contribution in [2.75, 3.05) is 0 Å². The van der Waals surface area contributed by atoms with Crippen LogP contribution in [0.4, 0.5) is 15.3 Å². The van der Waals surface area contributed by atoms with Crippen LogP contribution in [0.15, 0.2) is 33.7 Å². The van der Waals surface area contributed by atoms with Crippen LogP contribution in [0.3, 0.4) is 0 Å². The molecule has 8 nitrogen and oxygen atoms in total. The van der Waals surface area contributed by atoms with Gasteiger partial charge in [0.05, 0.1) is 5.69 Å². The monoisotopic (exact) mass is 275 g/mol. The fourth-order valence-corrected chi connectivity index (χ4v) is 1.66. The molecule has 1 aromatic heterocycles. The van der Waals surface area contributed by atoms with Crippen LogP contribution in [0.25, 0.3) is 11.0 Å². The van der Waals surface area contributed by atoms with E-state index in [2.05, 4.69) is 10.3 Å². The molecule has 0 saturated heterocycles. The molecule has 0 unspecified atom stereocenters. The quantitative estimate of drug-likeness (QED) is 0.457. The maximum atomic E-state index is 11.2. The van der Waals surface area contributed by atoms with Crippen molar-refractivity contribution in [1.29, 1.82) is 0 Å². The smallest absolute Gasteiger partial charge is 0.329 e. The number of furan rings is 1. The normalized spacial score (nSPS) is 11.3. The second-order valence-corrected chi connectivity index (χ2v) is 4.02. The highest BCUT2D eigenvalue weighted by Gasteiger charge is 2.05. The molecule has 0 saturated carbocycles. The van der Waals surface area contributed by atoms with Crippen LogP contribution in [0, 0.1) is 6.92 Å². The Morgan fingerprint density at radius 1 is 1.20 bits per heavy atom. The minimum absolute atomic E-state index is 0.164. The SMILES string of the molecule is Cc1cc2cc(N=C(N)NC(=O)NC(N)=O)ccc2o1. The van der Waals surface area contributed by atoms with Crippen molar-refractivity contribution in [1.82, 2.24) is 10.6 Å². The molecule has 6 N–H and O–H groups in total. The van der Waals surface area contributed by atoms with Crippen LogP contribution in [-0.2, 0) is 0 Å². The highest BCUT2D eigenvalue weighted by atomic mass is 16.3. The molecule has 2 rings (SSSR count). The number of nitrogens with two attached hydrogens (primary N) is 2. The van der Waals surface area contributed by atoms with Crippen molar-refractivity contribution >= 4 is 34.7 Å². The molecule has 0 bridgehead atoms. The zero-order valence-electron chi connectivity index (χ0n) is 10.6. The number of nitrogens with one attached hydrogen (secondary N) is 2. The van der Waals surface area contributed by atoms with E-state index in [1.165, 1.54) is 0 Å². The molecule has 1 aromatic carbocycles. The van der Waals surface area contributed by atoms with E-state index in [-0.39, 0.29) is 5.96 Å². The fraction of sp³-hybridized carbons (Fsp3) is 0.0833. The lowest BCUT2D eigenvalue weighted by molar-refractivity contribution is 0.234. The second-order valence-electron chi connectivity index (χ2n) is 4.02. The van der Waals surface area contributed by atoms with Gasteiger partial charge in [-0.25, -0.2) is 14.6 Å². The largest absolute Gasteiger partial charge is 0.461 e. The summed E-state index contributed by atoms with van der Waals surface area (Å²) >= 11 is 0. The van der Waals surface area contributed by atoms with E-state index in [1.807, 2.05) is 13.0 Å². The zero-order valence-corrected chi connectivity index (χ0v) is 10.6. The lowest BCUT2D eigenvalue weighted by Gasteiger charge is -2.03. The van der Waals surface area contributed by atoms with Gasteiger partial charge in [-0.3, -0.25) is 10.6 Å². The number of aryl methyl sites for hydroxylation is 1. The standard InChI is InChI=1S/C12H13N5O3/c1-6-4-7-5-8(2-3-9(7)20-6)15-10(13)16-12(19)17-11(14)18/h2-5H,1H3,(H6,13,14,15,16,17,18,19). The summed E-state index contributed by atoms with van der Waals surface area (Å²) < 4.78 is 5.43. The molecule has 2 aromatic rings. The van der Waals surface area contributed by atoms with Gasteiger partial charge in [0.1, 0.15) is 11.3 Å². The third-order valence-corrected chi connectivity index (χ3v) is 2.35. The summed E-state index contributed by atoms with van der Waals surface area (Å²) in [6.45, 7) is 1.84. The minimum atomic E-state index is -0.981. The molecule has 8 heteroatoms. The van der Waals surface area contributed by atoms with Gasteiger partial charge in [-0.05, 0) is 31.2 Å². The summed E-state index contributed by atoms with van der Waals surface area (Å²) in [5.41, 5.74) is 11.6. The summed E-state index contributed by atoms with van der Waals surface area (Å²) in [5, 5.41) is 4.85. The number of hydrogen-bond acceptors (Lipinski definition) is 4. The van der Waals surface area contributed by atoms with Crippen molar-refractivity contribution in [3.05, 3.63) is 30.0 Å². The first-order valence-corrected chi connectivity index (χ1v) is 5.66. The van der Waals surface area contributed by atoms with E-state index in [9.17, 15) is 9.59 Å². The van der Waals surface area contributed by atoms with Gasteiger partial charge in [0.15, 0.2) is 0 Å². The number of nitrogens with zero attached hydrogens (tertiary/aromatic N) is 1. The Kier molecular flexibility index (Phi) is 3.56. The van der Waals surface area contributed by atoms with E-state index in [1.54, 1.807) is 23.5 Å². The molecule has 0 aliphatic rings. The lowest BCUT2D eigenvalue weighted by Crippen LogP contribution is -2.47. The van der Waals surface area contributed by atoms with Crippen LogP contribution in [0.5, 0.6) is 0 Å². The Balaban J connectivity index is 2.14. The number of carbonyl (C=O) groups excluding carboxylic acids is 2. The van der Waals surface area contributed by atoms with Crippen LogP contribution in [0.1, 0.15) is 5.76 Å². The number of amides is 4. The van der Waals surface area contributed by atoms with Gasteiger partial charge in [-0.2, -0.15) is 0 Å². The first-order chi connectivity index (χ1) is 9.44. The van der Waals surface area contributed by atoms with Crippen LogP contribution < -0.4 is 22.1 Å². The van der Waals surface area contributed by atoms with Crippen LogP contribution in [-0.4, -0.2) is 18.0 Å². The zero-order chi connectivity index (χ0) is 14.7. The number of primary amides is 1. The summed E-state index contributed by atoms with van der Waals surface area (Å²) in [7, 11) is 0. The van der Waals surface area contributed by atoms with E-state index in [4.69, 9.17) is 15.9 Å². The number of fused-ring (bicyclic) bond motifs is 1. The molecule has 0 fully saturated rings. The number of imide groups is 1. The average Bonchev–Trinajstić information content (AvgIpc) is 2.66. The molecule has 0 aliphatic heterocycles. The molecule has 104 valence electrons. The fourth-order valence-electron chi connectivity index (χ4n) is 1.66. The predicted octanol–water partition coefficient (Wildman–Crippen LogP) is 1.07. The van der Waals surface area contributed by atoms with Crippen molar-refractivity contribution in [2.45, 2.75) is 6.92 Å². The van der Waals surface area contributed by atoms with Gasteiger partial charge in [0.25, 0.3) is 0 Å². The molecular formula is C12H13N5O3. The number of guanidine groups is 1. The molecule has 0 radical (unpaired) electrons. The molecule has 20 heavy (non-hydrogen) atoms. The lowest BCUT2D eigenvalue weighted by atomic mass is 10.2. The second kappa shape index (κ2) is 5.31. The van der Waals surface area contributed by atoms with Crippen molar-refractivity contribution < 1.29 is 14.0 Å². The van der Waals surface area contributed by atoms with Gasteiger partial charge >= 0.3 is 12.1 Å². The van der Waals surface area contributed by atoms with Gasteiger partial charge in [0, 0.05) is 5.39 Å². The first kappa shape index (κ1) is 13.4. The van der Waals surface area contributed by atoms with Gasteiger partial charge in [0.2, 0.25) is 5.96 Å². The molecule has 0 spiro atoms. The Morgan fingerprint density at radius 2 is 1.95 bits per heavy atom. The maximum absolute atomic E-state index is 11.2. The number of urea groups is 2. The Labute approximate surface area is 113 Å². The number of benzene rings is 1. The van der Waals surface area contributed by atoms with Gasteiger partial charge < -0.3 is 15.9 Å². The van der Waals surface area contributed by atoms with Gasteiger partial charge in [-0.15, -0.1) is 0 Å². The molecule has 1 heterocycles. The summed E-state index contributed by atoms with van der Waals surface area (Å²) in [4.78, 5) is 25.6. The molecule has 4 amide bonds. The topological polar surface area (TPSA) is 136 Å². The third kappa shape index (κ3) is 3.25. The van der Waals surface area contributed by atoms with Crippen LogP contribution >= 0.6 is 0 Å². The summed E-state index contributed by atoms with van der Waals surface area (Å²) in [5.74, 6) is 0.622. The Morgan fingerprint density at radius 3 is 2.65 bits per heavy atom. The van der Waals surface area contributed by atoms with E-state index in [0.29, 0.717) is 5.69 Å². The van der Waals surface area contributed by atoms with Crippen molar-refractivity contribution in [2.24, 2.45) is 16.5 Å². The molecule has 0 aliphatic carbocycles. The Bertz CT molecular complexity index is 704. The number of hydrogen-bond donors (Lipinski definition) is 4. The summed E-state index contributed by atoms with van der Waals surface area (Å²) in [6.07, 6.45) is 0. The minimum Gasteiger partial charge on any atom is -0.461 e. The van der Waals surface area contributed by atoms with E-state index >= 15 is 0 Å². The number of carbonyl (C=O) groups is 2.